The Morgan fingerprint density at radius 1 is 1.60 bits per heavy atom. The summed E-state index contributed by atoms with van der Waals surface area (Å²) >= 11 is 1.80. The normalized spacial score (nSPS) is 23.8. The molecule has 0 saturated carbocycles. The molecule has 2 heterocycles. The van der Waals surface area contributed by atoms with Crippen molar-refractivity contribution in [1.82, 2.24) is 10.3 Å². The van der Waals surface area contributed by atoms with Crippen LogP contribution in [0.2, 0.25) is 0 Å². The van der Waals surface area contributed by atoms with E-state index in [9.17, 15) is 0 Å². The van der Waals surface area contributed by atoms with E-state index >= 15 is 0 Å². The number of hydrogen-bond acceptors (Lipinski definition) is 3. The van der Waals surface area contributed by atoms with E-state index in [4.69, 9.17) is 0 Å². The van der Waals surface area contributed by atoms with Crippen LogP contribution in [0.5, 0.6) is 0 Å². The second kappa shape index (κ2) is 5.16. The van der Waals surface area contributed by atoms with Crippen molar-refractivity contribution in [1.29, 1.82) is 0 Å². The van der Waals surface area contributed by atoms with Gasteiger partial charge < -0.3 is 5.32 Å². The molecule has 15 heavy (non-hydrogen) atoms. The molecule has 3 nitrogen and oxygen atoms in total. The third-order valence-electron chi connectivity index (χ3n) is 2.27. The van der Waals surface area contributed by atoms with Gasteiger partial charge in [-0.3, -0.25) is 9.98 Å². The van der Waals surface area contributed by atoms with Crippen LogP contribution in [0, 0.1) is 0 Å². The van der Waals surface area contributed by atoms with Crippen LogP contribution in [0.3, 0.4) is 0 Å². The minimum Gasteiger partial charge on any atom is -0.362 e. The van der Waals surface area contributed by atoms with Gasteiger partial charge in [0.25, 0.3) is 0 Å². The number of nitrogens with one attached hydrogen (secondary N) is 1. The molecule has 1 atom stereocenters. The highest BCUT2D eigenvalue weighted by Gasteiger charge is 2.12. The van der Waals surface area contributed by atoms with E-state index in [-0.39, 0.29) is 0 Å². The Bertz CT molecular complexity index is 337. The van der Waals surface area contributed by atoms with E-state index in [1.165, 1.54) is 6.42 Å². The zero-order valence-electron chi connectivity index (χ0n) is 8.81. The van der Waals surface area contributed by atoms with Crippen LogP contribution in [0.15, 0.2) is 29.4 Å². The van der Waals surface area contributed by atoms with Crippen LogP contribution >= 0.6 is 11.8 Å². The molecule has 1 aliphatic rings. The highest BCUT2D eigenvalue weighted by molar-refractivity contribution is 8.13. The molecule has 0 bridgehead atoms. The SMILES string of the molecule is CC1CCSC(=NCc2ccccn2)N1. The molecule has 80 valence electrons. The fraction of sp³-hybridized carbons (Fsp3) is 0.455. The average Bonchev–Trinajstić information content (AvgIpc) is 2.28. The van der Waals surface area contributed by atoms with Crippen molar-refractivity contribution in [2.45, 2.75) is 25.9 Å². The first-order valence-corrected chi connectivity index (χ1v) is 6.17. The van der Waals surface area contributed by atoms with Gasteiger partial charge in [-0.15, -0.1) is 0 Å². The standard InChI is InChI=1S/C11H15N3S/c1-9-5-7-15-11(14-9)13-8-10-4-2-3-6-12-10/h2-4,6,9H,5,7-8H2,1H3,(H,13,14). The molecule has 0 amide bonds. The summed E-state index contributed by atoms with van der Waals surface area (Å²) in [5.74, 6) is 1.16. The molecular weight excluding hydrogens is 206 g/mol. The van der Waals surface area contributed by atoms with Crippen LogP contribution in [0.4, 0.5) is 0 Å². The predicted octanol–water partition coefficient (Wildman–Crippen LogP) is 2.05. The Morgan fingerprint density at radius 2 is 2.53 bits per heavy atom. The van der Waals surface area contributed by atoms with Gasteiger partial charge in [0.2, 0.25) is 0 Å². The Morgan fingerprint density at radius 3 is 3.27 bits per heavy atom. The van der Waals surface area contributed by atoms with E-state index in [1.807, 2.05) is 18.2 Å². The first-order valence-electron chi connectivity index (χ1n) is 5.18. The summed E-state index contributed by atoms with van der Waals surface area (Å²) in [6, 6.07) is 6.47. The summed E-state index contributed by atoms with van der Waals surface area (Å²) in [6.45, 7) is 2.86. The lowest BCUT2D eigenvalue weighted by molar-refractivity contribution is 0.642. The van der Waals surface area contributed by atoms with Crippen molar-refractivity contribution < 1.29 is 0 Å². The summed E-state index contributed by atoms with van der Waals surface area (Å²) in [6.07, 6.45) is 3.02. The van der Waals surface area contributed by atoms with Crippen molar-refractivity contribution in [3.05, 3.63) is 30.1 Å². The summed E-state index contributed by atoms with van der Waals surface area (Å²) in [5, 5.41) is 4.43. The molecule has 1 unspecified atom stereocenters. The fourth-order valence-corrected chi connectivity index (χ4v) is 2.50. The third-order valence-corrected chi connectivity index (χ3v) is 3.23. The maximum atomic E-state index is 4.51. The van der Waals surface area contributed by atoms with Gasteiger partial charge in [-0.05, 0) is 25.5 Å². The molecule has 4 heteroatoms. The summed E-state index contributed by atoms with van der Waals surface area (Å²) in [5.41, 5.74) is 1.02. The maximum absolute atomic E-state index is 4.51. The number of thioether (sulfide) groups is 1. The summed E-state index contributed by atoms with van der Waals surface area (Å²) in [7, 11) is 0. The van der Waals surface area contributed by atoms with Gasteiger partial charge in [-0.2, -0.15) is 0 Å². The minimum absolute atomic E-state index is 0.550. The van der Waals surface area contributed by atoms with Gasteiger partial charge >= 0.3 is 0 Å². The van der Waals surface area contributed by atoms with Crippen molar-refractivity contribution in [2.24, 2.45) is 4.99 Å². The van der Waals surface area contributed by atoms with Gasteiger partial charge in [0.05, 0.1) is 12.2 Å². The Kier molecular flexibility index (Phi) is 3.61. The predicted molar refractivity (Wildman–Crippen MR) is 65.0 cm³/mol. The number of nitrogens with zero attached hydrogens (tertiary/aromatic N) is 2. The smallest absolute Gasteiger partial charge is 0.157 e. The lowest BCUT2D eigenvalue weighted by Gasteiger charge is -2.21. The van der Waals surface area contributed by atoms with Crippen LogP contribution in [0.25, 0.3) is 0 Å². The Labute approximate surface area is 94.4 Å². The monoisotopic (exact) mass is 221 g/mol. The zero-order valence-corrected chi connectivity index (χ0v) is 9.63. The molecule has 0 aliphatic carbocycles. The molecule has 1 N–H and O–H groups in total. The molecule has 0 spiro atoms. The van der Waals surface area contributed by atoms with Crippen LogP contribution < -0.4 is 5.32 Å². The number of aliphatic imine (C=N–C) groups is 1. The van der Waals surface area contributed by atoms with E-state index in [2.05, 4.69) is 22.2 Å². The largest absolute Gasteiger partial charge is 0.362 e. The van der Waals surface area contributed by atoms with Crippen LogP contribution in [0.1, 0.15) is 19.0 Å². The molecule has 2 rings (SSSR count). The highest BCUT2D eigenvalue weighted by Crippen LogP contribution is 2.13. The fourth-order valence-electron chi connectivity index (χ4n) is 1.39. The molecule has 1 saturated heterocycles. The van der Waals surface area contributed by atoms with Crippen molar-refractivity contribution in [3.8, 4) is 0 Å². The van der Waals surface area contributed by atoms with E-state index in [0.29, 0.717) is 12.6 Å². The van der Waals surface area contributed by atoms with Crippen LogP contribution in [-0.2, 0) is 6.54 Å². The first kappa shape index (κ1) is 10.5. The molecule has 0 aromatic carbocycles. The molecule has 1 aromatic rings. The number of rotatable bonds is 2. The quantitative estimate of drug-likeness (QED) is 0.830. The van der Waals surface area contributed by atoms with Gasteiger partial charge in [-0.25, -0.2) is 0 Å². The second-order valence-electron chi connectivity index (χ2n) is 3.62. The number of pyridine rings is 1. The molecule has 1 fully saturated rings. The van der Waals surface area contributed by atoms with Gasteiger partial charge in [0.15, 0.2) is 5.17 Å². The van der Waals surface area contributed by atoms with E-state index in [0.717, 1.165) is 16.6 Å². The molecule has 1 aromatic heterocycles. The Hall–Kier alpha value is -1.03. The maximum Gasteiger partial charge on any atom is 0.157 e. The number of aromatic nitrogens is 1. The molecular formula is C11H15N3S. The van der Waals surface area contributed by atoms with Gasteiger partial charge in [0.1, 0.15) is 0 Å². The van der Waals surface area contributed by atoms with Crippen LogP contribution in [-0.4, -0.2) is 21.9 Å². The second-order valence-corrected chi connectivity index (χ2v) is 4.71. The average molecular weight is 221 g/mol. The minimum atomic E-state index is 0.550. The lowest BCUT2D eigenvalue weighted by atomic mass is 10.3. The van der Waals surface area contributed by atoms with Crippen molar-refractivity contribution >= 4 is 16.9 Å². The number of hydrogen-bond donors (Lipinski definition) is 1. The van der Waals surface area contributed by atoms with Gasteiger partial charge in [-0.1, -0.05) is 17.8 Å². The highest BCUT2D eigenvalue weighted by atomic mass is 32.2. The van der Waals surface area contributed by atoms with E-state index < -0.39 is 0 Å². The number of amidine groups is 1. The first-order chi connectivity index (χ1) is 7.34. The van der Waals surface area contributed by atoms with Crippen molar-refractivity contribution in [3.63, 3.8) is 0 Å². The van der Waals surface area contributed by atoms with E-state index in [1.54, 1.807) is 18.0 Å². The Balaban J connectivity index is 1.93. The molecule has 0 radical (unpaired) electrons. The third kappa shape index (κ3) is 3.23. The lowest BCUT2D eigenvalue weighted by Crippen LogP contribution is -2.35. The summed E-state index contributed by atoms with van der Waals surface area (Å²) < 4.78 is 0. The van der Waals surface area contributed by atoms with Crippen molar-refractivity contribution in [2.75, 3.05) is 5.75 Å². The summed E-state index contributed by atoms with van der Waals surface area (Å²) in [4.78, 5) is 8.75. The topological polar surface area (TPSA) is 37.3 Å². The zero-order chi connectivity index (χ0) is 10.5. The molecule has 1 aliphatic heterocycles. The van der Waals surface area contributed by atoms with Gasteiger partial charge in [0, 0.05) is 18.0 Å².